The lowest BCUT2D eigenvalue weighted by molar-refractivity contribution is -0.123. The fraction of sp³-hybridized carbons (Fsp3) is 0.588. The summed E-state index contributed by atoms with van der Waals surface area (Å²) in [6, 6.07) is 6.76. The van der Waals surface area contributed by atoms with Gasteiger partial charge in [0.1, 0.15) is 0 Å². The van der Waals surface area contributed by atoms with Crippen LogP contribution in [-0.4, -0.2) is 44.4 Å². The Hall–Kier alpha value is -1.44. The summed E-state index contributed by atoms with van der Waals surface area (Å²) in [7, 11) is -3.37. The van der Waals surface area contributed by atoms with Crippen molar-refractivity contribution >= 4 is 15.9 Å². The molecule has 1 saturated carbocycles. The molecule has 2 aliphatic rings. The number of ether oxygens (including phenoxy) is 1. The molecule has 1 saturated heterocycles. The second-order valence-corrected chi connectivity index (χ2v) is 8.25. The number of carbonyl (C=O) groups excluding carboxylic acids is 1. The molecule has 1 aliphatic carbocycles. The van der Waals surface area contributed by atoms with Crippen molar-refractivity contribution in [3.8, 4) is 0 Å². The van der Waals surface area contributed by atoms with Gasteiger partial charge in [-0.25, -0.2) is 8.42 Å². The van der Waals surface area contributed by atoms with Gasteiger partial charge in [-0.3, -0.25) is 4.79 Å². The zero-order chi connectivity index (χ0) is 17.2. The predicted octanol–water partition coefficient (Wildman–Crippen LogP) is 1.51. The molecule has 2 fully saturated rings. The summed E-state index contributed by atoms with van der Waals surface area (Å²) in [5, 5.41) is 2.88. The van der Waals surface area contributed by atoms with Gasteiger partial charge in [0.05, 0.1) is 16.9 Å². The van der Waals surface area contributed by atoms with E-state index in [2.05, 4.69) is 5.32 Å². The molecule has 6 nitrogen and oxygen atoms in total. The van der Waals surface area contributed by atoms with Gasteiger partial charge in [-0.2, -0.15) is 4.31 Å². The standard InChI is InChI=1S/C17H24N2O4S/c1-2-23-16-11-15(16)17(20)18-12-13-5-7-14(8-6-13)24(21,22)19-9-3-4-10-19/h5-8,15-16H,2-4,9-12H2,1H3,(H,18,20). The van der Waals surface area contributed by atoms with Crippen molar-refractivity contribution in [1.82, 2.24) is 9.62 Å². The van der Waals surface area contributed by atoms with E-state index in [1.807, 2.05) is 6.92 Å². The summed E-state index contributed by atoms with van der Waals surface area (Å²) >= 11 is 0. The highest BCUT2D eigenvalue weighted by atomic mass is 32.2. The maximum absolute atomic E-state index is 12.4. The Balaban J connectivity index is 1.54. The van der Waals surface area contributed by atoms with Gasteiger partial charge >= 0.3 is 0 Å². The minimum Gasteiger partial charge on any atom is -0.378 e. The maximum atomic E-state index is 12.4. The van der Waals surface area contributed by atoms with Crippen LogP contribution in [0, 0.1) is 5.92 Å². The van der Waals surface area contributed by atoms with Crippen LogP contribution in [-0.2, 0) is 26.1 Å². The fourth-order valence-corrected chi connectivity index (χ4v) is 4.54. The molecule has 1 aromatic rings. The van der Waals surface area contributed by atoms with Crippen LogP contribution in [0.2, 0.25) is 0 Å². The zero-order valence-electron chi connectivity index (χ0n) is 13.9. The average Bonchev–Trinajstić information content (AvgIpc) is 3.11. The first kappa shape index (κ1) is 17.4. The van der Waals surface area contributed by atoms with Gasteiger partial charge in [0.15, 0.2) is 0 Å². The molecule has 3 rings (SSSR count). The molecule has 0 radical (unpaired) electrons. The second-order valence-electron chi connectivity index (χ2n) is 6.31. The number of benzene rings is 1. The topological polar surface area (TPSA) is 75.7 Å². The van der Waals surface area contributed by atoms with Crippen LogP contribution in [0.1, 0.15) is 31.7 Å². The summed E-state index contributed by atoms with van der Waals surface area (Å²) in [5.74, 6) is -0.0398. The van der Waals surface area contributed by atoms with Crippen LogP contribution < -0.4 is 5.32 Å². The fourth-order valence-electron chi connectivity index (χ4n) is 3.02. The SMILES string of the molecule is CCOC1CC1C(=O)NCc1ccc(S(=O)(=O)N2CCCC2)cc1. The Labute approximate surface area is 143 Å². The quantitative estimate of drug-likeness (QED) is 0.807. The molecule has 1 aromatic carbocycles. The van der Waals surface area contributed by atoms with Crippen LogP contribution in [0.3, 0.4) is 0 Å². The van der Waals surface area contributed by atoms with E-state index >= 15 is 0 Å². The number of amides is 1. The first-order chi connectivity index (χ1) is 11.5. The van der Waals surface area contributed by atoms with Gasteiger partial charge in [-0.15, -0.1) is 0 Å². The van der Waals surface area contributed by atoms with Crippen molar-refractivity contribution < 1.29 is 17.9 Å². The second kappa shape index (κ2) is 7.21. The third kappa shape index (κ3) is 3.79. The number of hydrogen-bond donors (Lipinski definition) is 1. The smallest absolute Gasteiger partial charge is 0.243 e. The number of rotatable bonds is 7. The van der Waals surface area contributed by atoms with E-state index in [1.165, 1.54) is 4.31 Å². The van der Waals surface area contributed by atoms with Crippen molar-refractivity contribution in [3.63, 3.8) is 0 Å². The van der Waals surface area contributed by atoms with E-state index in [-0.39, 0.29) is 17.9 Å². The Morgan fingerprint density at radius 1 is 1.25 bits per heavy atom. The van der Waals surface area contributed by atoms with Crippen LogP contribution in [0.4, 0.5) is 0 Å². The van der Waals surface area contributed by atoms with Gasteiger partial charge in [-0.05, 0) is 43.9 Å². The van der Waals surface area contributed by atoms with Crippen molar-refractivity contribution in [2.45, 2.75) is 43.7 Å². The Kier molecular flexibility index (Phi) is 5.22. The zero-order valence-corrected chi connectivity index (χ0v) is 14.7. The van der Waals surface area contributed by atoms with Crippen LogP contribution in [0.25, 0.3) is 0 Å². The van der Waals surface area contributed by atoms with E-state index < -0.39 is 10.0 Å². The van der Waals surface area contributed by atoms with Crippen LogP contribution >= 0.6 is 0 Å². The molecule has 2 atom stereocenters. The highest BCUT2D eigenvalue weighted by Crippen LogP contribution is 2.33. The molecule has 0 bridgehead atoms. The lowest BCUT2D eigenvalue weighted by Crippen LogP contribution is -2.28. The lowest BCUT2D eigenvalue weighted by Gasteiger charge is -2.15. The van der Waals surface area contributed by atoms with Gasteiger partial charge in [0.2, 0.25) is 15.9 Å². The molecule has 1 heterocycles. The third-order valence-electron chi connectivity index (χ3n) is 4.54. The Morgan fingerprint density at radius 2 is 1.92 bits per heavy atom. The monoisotopic (exact) mass is 352 g/mol. The molecule has 1 amide bonds. The summed E-state index contributed by atoms with van der Waals surface area (Å²) in [4.78, 5) is 12.3. The maximum Gasteiger partial charge on any atom is 0.243 e. The predicted molar refractivity (Wildman–Crippen MR) is 89.8 cm³/mol. The number of carbonyl (C=O) groups is 1. The van der Waals surface area contributed by atoms with Gasteiger partial charge < -0.3 is 10.1 Å². The van der Waals surface area contributed by atoms with Gasteiger partial charge in [-0.1, -0.05) is 12.1 Å². The number of nitrogens with one attached hydrogen (secondary N) is 1. The van der Waals surface area contributed by atoms with E-state index in [0.717, 1.165) is 24.8 Å². The summed E-state index contributed by atoms with van der Waals surface area (Å²) in [6.45, 7) is 4.15. The average molecular weight is 352 g/mol. The normalized spacial score (nSPS) is 24.0. The molecule has 24 heavy (non-hydrogen) atoms. The third-order valence-corrected chi connectivity index (χ3v) is 6.46. The minimum absolute atomic E-state index is 0.00205. The molecule has 7 heteroatoms. The Bertz CT molecular complexity index is 681. The lowest BCUT2D eigenvalue weighted by atomic mass is 10.2. The van der Waals surface area contributed by atoms with E-state index in [0.29, 0.717) is 31.1 Å². The molecule has 132 valence electrons. The Morgan fingerprint density at radius 3 is 2.54 bits per heavy atom. The molecular weight excluding hydrogens is 328 g/mol. The molecule has 0 aromatic heterocycles. The highest BCUT2D eigenvalue weighted by molar-refractivity contribution is 7.89. The van der Waals surface area contributed by atoms with Gasteiger partial charge in [0.25, 0.3) is 0 Å². The van der Waals surface area contributed by atoms with Crippen molar-refractivity contribution in [2.75, 3.05) is 19.7 Å². The van der Waals surface area contributed by atoms with E-state index in [9.17, 15) is 13.2 Å². The van der Waals surface area contributed by atoms with Crippen molar-refractivity contribution in [2.24, 2.45) is 5.92 Å². The minimum atomic E-state index is -3.37. The molecular formula is C17H24N2O4S. The summed E-state index contributed by atoms with van der Waals surface area (Å²) in [5.41, 5.74) is 0.886. The summed E-state index contributed by atoms with van der Waals surface area (Å²) < 4.78 is 31.8. The number of sulfonamides is 1. The highest BCUT2D eigenvalue weighted by Gasteiger charge is 2.43. The van der Waals surface area contributed by atoms with E-state index in [4.69, 9.17) is 4.74 Å². The summed E-state index contributed by atoms with van der Waals surface area (Å²) in [6.07, 6.45) is 2.69. The molecule has 1 aliphatic heterocycles. The van der Waals surface area contributed by atoms with Crippen LogP contribution in [0.5, 0.6) is 0 Å². The first-order valence-electron chi connectivity index (χ1n) is 8.51. The van der Waals surface area contributed by atoms with Crippen LogP contribution in [0.15, 0.2) is 29.2 Å². The molecule has 0 spiro atoms. The van der Waals surface area contributed by atoms with Crippen molar-refractivity contribution in [1.29, 1.82) is 0 Å². The first-order valence-corrected chi connectivity index (χ1v) is 9.95. The number of nitrogens with zero attached hydrogens (tertiary/aromatic N) is 1. The van der Waals surface area contributed by atoms with E-state index in [1.54, 1.807) is 24.3 Å². The molecule has 2 unspecified atom stereocenters. The molecule has 1 N–H and O–H groups in total. The van der Waals surface area contributed by atoms with Crippen molar-refractivity contribution in [3.05, 3.63) is 29.8 Å². The number of hydrogen-bond acceptors (Lipinski definition) is 4. The van der Waals surface area contributed by atoms with Gasteiger partial charge in [0, 0.05) is 26.2 Å². The largest absolute Gasteiger partial charge is 0.378 e.